The Balaban J connectivity index is 1.99. The third-order valence-electron chi connectivity index (χ3n) is 6.55. The van der Waals surface area contributed by atoms with Crippen molar-refractivity contribution in [1.82, 2.24) is 8.69 Å². The Morgan fingerprint density at radius 1 is 1.03 bits per heavy atom. The molecule has 1 aliphatic carbocycles. The minimum Gasteiger partial charge on any atom is -0.598 e. The Hall–Kier alpha value is -1.80. The van der Waals surface area contributed by atoms with Gasteiger partial charge >= 0.3 is 0 Å². The van der Waals surface area contributed by atoms with Crippen molar-refractivity contribution in [2.24, 2.45) is 0 Å². The van der Waals surface area contributed by atoms with Gasteiger partial charge in [-0.1, -0.05) is 44.5 Å². The molecule has 1 unspecified atom stereocenters. The number of nitrogens with one attached hydrogen (secondary N) is 1. The van der Waals surface area contributed by atoms with Crippen LogP contribution in [0.25, 0.3) is 10.9 Å². The lowest BCUT2D eigenvalue weighted by Gasteiger charge is -2.30. The monoisotopic (exact) mass is 500 g/mol. The third kappa shape index (κ3) is 4.55. The van der Waals surface area contributed by atoms with E-state index < -0.39 is 26.1 Å². The number of benzene rings is 2. The molecule has 0 bridgehead atoms. The molecule has 2 aromatic carbocycles. The summed E-state index contributed by atoms with van der Waals surface area (Å²) in [5.41, 5.74) is 4.55. The van der Waals surface area contributed by atoms with Gasteiger partial charge in [0.25, 0.3) is 10.0 Å². The molecule has 0 saturated heterocycles. The maximum absolute atomic E-state index is 13.9. The second-order valence-corrected chi connectivity index (χ2v) is 15.2. The minimum absolute atomic E-state index is 0.0785. The molecule has 0 radical (unpaired) electrons. The maximum atomic E-state index is 13.9. The van der Waals surface area contributed by atoms with Crippen LogP contribution in [0.15, 0.2) is 47.4 Å². The number of rotatable bonds is 4. The first kappa shape index (κ1) is 25.3. The molecule has 0 amide bonds. The van der Waals surface area contributed by atoms with E-state index in [4.69, 9.17) is 0 Å². The summed E-state index contributed by atoms with van der Waals surface area (Å²) in [7, 11) is -3.80. The van der Waals surface area contributed by atoms with Crippen molar-refractivity contribution < 1.29 is 13.0 Å². The van der Waals surface area contributed by atoms with Gasteiger partial charge in [0.15, 0.2) is 0 Å². The van der Waals surface area contributed by atoms with Crippen molar-refractivity contribution in [1.29, 1.82) is 0 Å². The van der Waals surface area contributed by atoms with Crippen LogP contribution in [-0.4, -0.2) is 21.7 Å². The van der Waals surface area contributed by atoms with Crippen LogP contribution in [0.1, 0.15) is 82.8 Å². The van der Waals surface area contributed by atoms with Gasteiger partial charge in [-0.15, -0.1) is 4.72 Å². The highest BCUT2D eigenvalue weighted by Crippen LogP contribution is 2.42. The molecule has 0 spiro atoms. The number of aromatic nitrogens is 1. The van der Waals surface area contributed by atoms with Gasteiger partial charge < -0.3 is 4.55 Å². The van der Waals surface area contributed by atoms with E-state index in [1.54, 1.807) is 16.1 Å². The fourth-order valence-electron chi connectivity index (χ4n) is 4.56. The summed E-state index contributed by atoms with van der Waals surface area (Å²) < 4.78 is 45.4. The van der Waals surface area contributed by atoms with E-state index in [0.29, 0.717) is 11.9 Å². The van der Waals surface area contributed by atoms with Crippen LogP contribution in [0.4, 0.5) is 0 Å². The van der Waals surface area contributed by atoms with Gasteiger partial charge in [-0.05, 0) is 82.2 Å². The van der Waals surface area contributed by atoms with Gasteiger partial charge in [0.1, 0.15) is 4.75 Å². The van der Waals surface area contributed by atoms with Crippen LogP contribution < -0.4 is 4.72 Å². The summed E-state index contributed by atoms with van der Waals surface area (Å²) in [6, 6.07) is 13.0. The second-order valence-electron chi connectivity index (χ2n) is 11.4. The van der Waals surface area contributed by atoms with E-state index in [-0.39, 0.29) is 16.4 Å². The van der Waals surface area contributed by atoms with Crippen molar-refractivity contribution in [2.45, 2.75) is 88.8 Å². The van der Waals surface area contributed by atoms with Gasteiger partial charge in [-0.25, -0.2) is 12.4 Å². The predicted octanol–water partition coefficient (Wildman–Crippen LogP) is 5.91. The van der Waals surface area contributed by atoms with Crippen LogP contribution in [0.3, 0.4) is 0 Å². The van der Waals surface area contributed by atoms with Crippen LogP contribution in [0, 0.1) is 6.92 Å². The van der Waals surface area contributed by atoms with Gasteiger partial charge in [0.2, 0.25) is 0 Å². The Kier molecular flexibility index (Phi) is 6.47. The van der Waals surface area contributed by atoms with Crippen LogP contribution in [0.2, 0.25) is 0 Å². The molecule has 3 aromatic rings. The highest BCUT2D eigenvalue weighted by molar-refractivity contribution is 7.91. The highest BCUT2D eigenvalue weighted by atomic mass is 32.2. The van der Waals surface area contributed by atoms with E-state index in [2.05, 4.69) is 31.6 Å². The summed E-state index contributed by atoms with van der Waals surface area (Å²) in [6.07, 6.45) is 2.32. The summed E-state index contributed by atoms with van der Waals surface area (Å²) >= 11 is -1.27. The largest absolute Gasteiger partial charge is 0.598 e. The number of hydrogen-bond acceptors (Lipinski definition) is 4. The molecule has 0 saturated carbocycles. The lowest BCUT2D eigenvalue weighted by atomic mass is 9.85. The van der Waals surface area contributed by atoms with Crippen molar-refractivity contribution in [3.8, 4) is 0 Å². The van der Waals surface area contributed by atoms with E-state index in [9.17, 15) is 13.0 Å². The van der Waals surface area contributed by atoms with Crippen LogP contribution in [0.5, 0.6) is 0 Å². The maximum Gasteiger partial charge on any atom is 0.268 e. The molecule has 1 heterocycles. The molecule has 1 N–H and O–H groups in total. The first-order valence-electron chi connectivity index (χ1n) is 11.9. The molecule has 1 aliphatic rings. The van der Waals surface area contributed by atoms with Crippen molar-refractivity contribution in [3.05, 3.63) is 64.8 Å². The third-order valence-corrected chi connectivity index (χ3v) is 9.92. The average Bonchev–Trinajstić information content (AvgIpc) is 3.08. The van der Waals surface area contributed by atoms with Gasteiger partial charge in [-0.3, -0.25) is 0 Å². The first-order chi connectivity index (χ1) is 15.7. The second kappa shape index (κ2) is 8.70. The topological polar surface area (TPSA) is 74.2 Å². The van der Waals surface area contributed by atoms with Crippen molar-refractivity contribution in [3.63, 3.8) is 0 Å². The molecule has 1 aromatic heterocycles. The van der Waals surface area contributed by atoms with E-state index in [1.165, 1.54) is 0 Å². The van der Waals surface area contributed by atoms with E-state index in [0.717, 1.165) is 40.6 Å². The molecule has 5 nitrogen and oxygen atoms in total. The van der Waals surface area contributed by atoms with Gasteiger partial charge in [0.05, 0.1) is 16.5 Å². The fraction of sp³-hybridized carbons (Fsp3) is 0.481. The fourth-order valence-corrected chi connectivity index (χ4v) is 7.00. The zero-order valence-electron chi connectivity index (χ0n) is 21.2. The molecule has 0 fully saturated rings. The quantitative estimate of drug-likeness (QED) is 0.452. The summed E-state index contributed by atoms with van der Waals surface area (Å²) in [5, 5.41) is 0.932. The molecular formula is C27H36N2O3S2. The molecule has 2 atom stereocenters. The molecule has 0 aliphatic heterocycles. The predicted molar refractivity (Wildman–Crippen MR) is 141 cm³/mol. The minimum atomic E-state index is -3.80. The molecule has 34 heavy (non-hydrogen) atoms. The standard InChI is InChI=1S/C27H36N2O3S2/c1-18-11-14-20(15-12-18)34(31,32)29-23-16-13-19(26(2,3)4)17-21(23)25-22(9-8-10-24(25)29)28-33(30)27(5,6)7/h11-17,22,28H,8-10H2,1-7H3/t22-,33?/m0/s1. The Bertz CT molecular complexity index is 1310. The molecule has 7 heteroatoms. The Morgan fingerprint density at radius 3 is 2.26 bits per heavy atom. The smallest absolute Gasteiger partial charge is 0.268 e. The summed E-state index contributed by atoms with van der Waals surface area (Å²) in [6.45, 7) is 14.3. The molecular weight excluding hydrogens is 464 g/mol. The zero-order valence-corrected chi connectivity index (χ0v) is 22.9. The number of nitrogens with zero attached hydrogens (tertiary/aromatic N) is 1. The SMILES string of the molecule is Cc1ccc(S(=O)(=O)n2c3c(c4cc(C(C)(C)C)ccc42)[C@@H](N[S+]([O-])C(C)(C)C)CCC3)cc1. The Labute approximate surface area is 207 Å². The number of aryl methyl sites for hydroxylation is 1. The van der Waals surface area contributed by atoms with E-state index >= 15 is 0 Å². The summed E-state index contributed by atoms with van der Waals surface area (Å²) in [5.74, 6) is 0. The first-order valence-corrected chi connectivity index (χ1v) is 14.5. The van der Waals surface area contributed by atoms with Gasteiger partial charge in [-0.2, -0.15) is 0 Å². The highest BCUT2D eigenvalue weighted by Gasteiger charge is 2.37. The van der Waals surface area contributed by atoms with Crippen molar-refractivity contribution >= 4 is 32.3 Å². The van der Waals surface area contributed by atoms with E-state index in [1.807, 2.05) is 52.0 Å². The number of hydrogen-bond donors (Lipinski definition) is 1. The van der Waals surface area contributed by atoms with Crippen molar-refractivity contribution in [2.75, 3.05) is 0 Å². The van der Waals surface area contributed by atoms with Gasteiger partial charge in [0, 0.05) is 28.0 Å². The number of fused-ring (bicyclic) bond motifs is 3. The lowest BCUT2D eigenvalue weighted by molar-refractivity contribution is 0.488. The lowest BCUT2D eigenvalue weighted by Crippen LogP contribution is -2.42. The zero-order chi connectivity index (χ0) is 25.1. The molecule has 4 rings (SSSR count). The summed E-state index contributed by atoms with van der Waals surface area (Å²) in [4.78, 5) is 0.283. The van der Waals surface area contributed by atoms with Crippen LogP contribution in [-0.2, 0) is 33.2 Å². The average molecular weight is 501 g/mol. The normalized spacial score (nSPS) is 18.2. The molecule has 184 valence electrons. The van der Waals surface area contributed by atoms with Crippen LogP contribution >= 0.6 is 0 Å². The Morgan fingerprint density at radius 2 is 1.68 bits per heavy atom.